The standard InChI is InChI=1S/C18H17N3OS/c1-11-6-7-13-4-3-5-15(16(13)19-11)17(22)21(14-8-9-14)18-20-12(2)10-23-18/h3-7,10,14H,8-9H2,1-2H3. The monoisotopic (exact) mass is 323 g/mol. The van der Waals surface area contributed by atoms with Crippen LogP contribution in [0.3, 0.4) is 0 Å². The summed E-state index contributed by atoms with van der Waals surface area (Å²) in [4.78, 5) is 24.2. The van der Waals surface area contributed by atoms with Gasteiger partial charge in [0.25, 0.3) is 5.91 Å². The number of aromatic nitrogens is 2. The molecule has 1 amide bonds. The molecule has 3 aromatic rings. The summed E-state index contributed by atoms with van der Waals surface area (Å²) < 4.78 is 0. The number of anilines is 1. The van der Waals surface area contributed by atoms with Gasteiger partial charge in [-0.1, -0.05) is 18.2 Å². The van der Waals surface area contributed by atoms with Crippen molar-refractivity contribution >= 4 is 33.3 Å². The van der Waals surface area contributed by atoms with E-state index in [1.807, 2.05) is 54.5 Å². The Balaban J connectivity index is 1.82. The summed E-state index contributed by atoms with van der Waals surface area (Å²) in [5.41, 5.74) is 3.30. The molecule has 0 spiro atoms. The smallest absolute Gasteiger partial charge is 0.262 e. The molecule has 1 saturated carbocycles. The first-order valence-corrected chi connectivity index (χ1v) is 8.63. The van der Waals surface area contributed by atoms with Crippen LogP contribution in [0.15, 0.2) is 35.7 Å². The van der Waals surface area contributed by atoms with Crippen molar-refractivity contribution in [1.82, 2.24) is 9.97 Å². The minimum Gasteiger partial charge on any atom is -0.281 e. The van der Waals surface area contributed by atoms with Gasteiger partial charge in [-0.3, -0.25) is 14.7 Å². The minimum absolute atomic E-state index is 0.00514. The summed E-state index contributed by atoms with van der Waals surface area (Å²) in [6.45, 7) is 3.90. The molecule has 1 aliphatic rings. The molecule has 0 N–H and O–H groups in total. The van der Waals surface area contributed by atoms with Crippen molar-refractivity contribution in [3.05, 3.63) is 52.7 Å². The molecule has 2 heterocycles. The van der Waals surface area contributed by atoms with Crippen molar-refractivity contribution in [3.8, 4) is 0 Å². The molecule has 4 rings (SSSR count). The van der Waals surface area contributed by atoms with Crippen LogP contribution in [0, 0.1) is 13.8 Å². The summed E-state index contributed by atoms with van der Waals surface area (Å²) >= 11 is 1.53. The molecule has 5 heteroatoms. The minimum atomic E-state index is 0.00514. The molecule has 1 aliphatic carbocycles. The van der Waals surface area contributed by atoms with E-state index >= 15 is 0 Å². The number of thiazole rings is 1. The molecule has 0 atom stereocenters. The maximum absolute atomic E-state index is 13.2. The predicted octanol–water partition coefficient (Wildman–Crippen LogP) is 4.12. The number of para-hydroxylation sites is 1. The lowest BCUT2D eigenvalue weighted by Crippen LogP contribution is -2.33. The highest BCUT2D eigenvalue weighted by Gasteiger charge is 2.36. The Labute approximate surface area is 138 Å². The quantitative estimate of drug-likeness (QED) is 0.728. The SMILES string of the molecule is Cc1csc(N(C(=O)c2cccc3ccc(C)nc23)C2CC2)n1. The zero-order valence-electron chi connectivity index (χ0n) is 13.1. The van der Waals surface area contributed by atoms with E-state index in [-0.39, 0.29) is 11.9 Å². The van der Waals surface area contributed by atoms with Gasteiger partial charge in [-0.2, -0.15) is 0 Å². The number of carbonyl (C=O) groups is 1. The molecule has 0 radical (unpaired) electrons. The number of fused-ring (bicyclic) bond motifs is 1. The third-order valence-corrected chi connectivity index (χ3v) is 4.99. The van der Waals surface area contributed by atoms with E-state index in [1.54, 1.807) is 0 Å². The van der Waals surface area contributed by atoms with Crippen molar-refractivity contribution < 1.29 is 4.79 Å². The summed E-state index contributed by atoms with van der Waals surface area (Å²) in [5.74, 6) is 0.00514. The largest absolute Gasteiger partial charge is 0.281 e. The van der Waals surface area contributed by atoms with E-state index in [2.05, 4.69) is 9.97 Å². The number of hydrogen-bond donors (Lipinski definition) is 0. The second-order valence-corrected chi connectivity index (χ2v) is 6.84. The van der Waals surface area contributed by atoms with Crippen LogP contribution in [0.1, 0.15) is 34.6 Å². The molecule has 4 nitrogen and oxygen atoms in total. The average molecular weight is 323 g/mol. The zero-order chi connectivity index (χ0) is 16.0. The molecule has 1 aromatic carbocycles. The summed E-state index contributed by atoms with van der Waals surface area (Å²) in [6, 6.07) is 10.0. The lowest BCUT2D eigenvalue weighted by Gasteiger charge is -2.20. The van der Waals surface area contributed by atoms with E-state index in [1.165, 1.54) is 11.3 Å². The number of rotatable bonds is 3. The summed E-state index contributed by atoms with van der Waals surface area (Å²) in [5, 5.41) is 3.77. The van der Waals surface area contributed by atoms with Crippen molar-refractivity contribution in [2.24, 2.45) is 0 Å². The Morgan fingerprint density at radius 3 is 2.65 bits per heavy atom. The normalized spacial score (nSPS) is 14.2. The first-order valence-electron chi connectivity index (χ1n) is 7.75. The second-order valence-electron chi connectivity index (χ2n) is 6.01. The van der Waals surface area contributed by atoms with Crippen LogP contribution < -0.4 is 4.90 Å². The Morgan fingerprint density at radius 2 is 1.96 bits per heavy atom. The highest BCUT2D eigenvalue weighted by molar-refractivity contribution is 7.14. The van der Waals surface area contributed by atoms with Crippen LogP contribution >= 0.6 is 11.3 Å². The lowest BCUT2D eigenvalue weighted by atomic mass is 10.1. The van der Waals surface area contributed by atoms with Gasteiger partial charge in [-0.05, 0) is 38.8 Å². The third kappa shape index (κ3) is 2.61. The molecule has 0 bridgehead atoms. The highest BCUT2D eigenvalue weighted by Crippen LogP contribution is 2.35. The maximum atomic E-state index is 13.2. The Kier molecular flexibility index (Phi) is 3.38. The Hall–Kier alpha value is -2.27. The number of amides is 1. The molecular weight excluding hydrogens is 306 g/mol. The van der Waals surface area contributed by atoms with Gasteiger partial charge < -0.3 is 0 Å². The molecule has 116 valence electrons. The van der Waals surface area contributed by atoms with Gasteiger partial charge in [0.05, 0.1) is 16.8 Å². The van der Waals surface area contributed by atoms with Gasteiger partial charge in [0.2, 0.25) is 0 Å². The predicted molar refractivity (Wildman–Crippen MR) is 93.2 cm³/mol. The van der Waals surface area contributed by atoms with Crippen LogP contribution in [0.5, 0.6) is 0 Å². The lowest BCUT2D eigenvalue weighted by molar-refractivity contribution is 0.0986. The number of aryl methyl sites for hydroxylation is 2. The number of carbonyl (C=O) groups excluding carboxylic acids is 1. The van der Waals surface area contributed by atoms with Crippen molar-refractivity contribution in [2.45, 2.75) is 32.7 Å². The molecule has 0 saturated heterocycles. The van der Waals surface area contributed by atoms with Gasteiger partial charge in [0, 0.05) is 22.5 Å². The molecule has 23 heavy (non-hydrogen) atoms. The maximum Gasteiger partial charge on any atom is 0.262 e. The first-order chi connectivity index (χ1) is 11.1. The van der Waals surface area contributed by atoms with Gasteiger partial charge in [-0.15, -0.1) is 11.3 Å². The van der Waals surface area contributed by atoms with E-state index in [4.69, 9.17) is 0 Å². The molecule has 2 aromatic heterocycles. The fourth-order valence-electron chi connectivity index (χ4n) is 2.74. The van der Waals surface area contributed by atoms with E-state index < -0.39 is 0 Å². The van der Waals surface area contributed by atoms with E-state index in [9.17, 15) is 4.79 Å². The van der Waals surface area contributed by atoms with Crippen molar-refractivity contribution in [3.63, 3.8) is 0 Å². The summed E-state index contributed by atoms with van der Waals surface area (Å²) in [7, 11) is 0. The van der Waals surface area contributed by atoms with Gasteiger partial charge in [-0.25, -0.2) is 4.98 Å². The number of nitrogens with zero attached hydrogens (tertiary/aromatic N) is 3. The van der Waals surface area contributed by atoms with E-state index in [0.717, 1.165) is 40.3 Å². The number of pyridine rings is 1. The van der Waals surface area contributed by atoms with E-state index in [0.29, 0.717) is 5.56 Å². The molecular formula is C18H17N3OS. The van der Waals surface area contributed by atoms with Gasteiger partial charge in [0.15, 0.2) is 5.13 Å². The average Bonchev–Trinajstić information content (AvgIpc) is 3.28. The van der Waals surface area contributed by atoms with Crippen LogP contribution in [-0.4, -0.2) is 21.9 Å². The van der Waals surface area contributed by atoms with Crippen LogP contribution in [0.25, 0.3) is 10.9 Å². The first kappa shape index (κ1) is 14.3. The topological polar surface area (TPSA) is 46.1 Å². The summed E-state index contributed by atoms with van der Waals surface area (Å²) in [6.07, 6.45) is 2.09. The van der Waals surface area contributed by atoms with Crippen LogP contribution in [-0.2, 0) is 0 Å². The Bertz CT molecular complexity index is 898. The number of hydrogen-bond acceptors (Lipinski definition) is 4. The van der Waals surface area contributed by atoms with Crippen LogP contribution in [0.4, 0.5) is 5.13 Å². The fourth-order valence-corrected chi connectivity index (χ4v) is 3.61. The second kappa shape index (κ2) is 5.42. The van der Waals surface area contributed by atoms with Crippen LogP contribution in [0.2, 0.25) is 0 Å². The van der Waals surface area contributed by atoms with Crippen molar-refractivity contribution in [1.29, 1.82) is 0 Å². The number of benzene rings is 1. The molecule has 0 unspecified atom stereocenters. The molecule has 1 fully saturated rings. The highest BCUT2D eigenvalue weighted by atomic mass is 32.1. The van der Waals surface area contributed by atoms with Crippen molar-refractivity contribution in [2.75, 3.05) is 4.90 Å². The van der Waals surface area contributed by atoms with Gasteiger partial charge >= 0.3 is 0 Å². The third-order valence-electron chi connectivity index (χ3n) is 4.03. The van der Waals surface area contributed by atoms with Gasteiger partial charge in [0.1, 0.15) is 0 Å². The fraction of sp³-hybridized carbons (Fsp3) is 0.278. The molecule has 0 aliphatic heterocycles. The Morgan fingerprint density at radius 1 is 1.13 bits per heavy atom. The zero-order valence-corrected chi connectivity index (χ0v) is 13.9.